The number of anilines is 1. The number of rotatable bonds is 5. The predicted octanol–water partition coefficient (Wildman–Crippen LogP) is 2.11. The Morgan fingerprint density at radius 2 is 1.90 bits per heavy atom. The fourth-order valence-electron chi connectivity index (χ4n) is 2.53. The molecule has 0 atom stereocenters. The summed E-state index contributed by atoms with van der Waals surface area (Å²) in [5.41, 5.74) is 2.50. The van der Waals surface area contributed by atoms with Gasteiger partial charge in [-0.3, -0.25) is 4.98 Å². The number of aromatic nitrogens is 1. The molecule has 0 amide bonds. The van der Waals surface area contributed by atoms with Crippen LogP contribution in [-0.2, 0) is 6.42 Å². The lowest BCUT2D eigenvalue weighted by Gasteiger charge is -2.29. The molecule has 1 N–H and O–H groups in total. The third kappa shape index (κ3) is 3.95. The number of nitrogens with zero attached hydrogens (tertiary/aromatic N) is 2. The van der Waals surface area contributed by atoms with Gasteiger partial charge in [-0.25, -0.2) is 0 Å². The van der Waals surface area contributed by atoms with Crippen molar-refractivity contribution in [1.82, 2.24) is 10.3 Å². The Morgan fingerprint density at radius 1 is 1.10 bits per heavy atom. The van der Waals surface area contributed by atoms with Gasteiger partial charge >= 0.3 is 0 Å². The Labute approximate surface area is 125 Å². The van der Waals surface area contributed by atoms with Crippen molar-refractivity contribution in [1.29, 1.82) is 0 Å². The molecular formula is C17H21N3O. The minimum atomic E-state index is 0.690. The monoisotopic (exact) mass is 283 g/mol. The first-order chi connectivity index (χ1) is 10.4. The van der Waals surface area contributed by atoms with Crippen molar-refractivity contribution >= 4 is 5.69 Å². The first-order valence-corrected chi connectivity index (χ1v) is 7.49. The normalized spacial score (nSPS) is 15.0. The van der Waals surface area contributed by atoms with Gasteiger partial charge in [-0.2, -0.15) is 0 Å². The van der Waals surface area contributed by atoms with Crippen molar-refractivity contribution in [2.24, 2.45) is 0 Å². The van der Waals surface area contributed by atoms with Gasteiger partial charge in [-0.05, 0) is 29.8 Å². The van der Waals surface area contributed by atoms with E-state index in [1.807, 2.05) is 30.6 Å². The number of hydrogen-bond donors (Lipinski definition) is 1. The molecule has 0 radical (unpaired) electrons. The van der Waals surface area contributed by atoms with Crippen LogP contribution in [0.15, 0.2) is 48.8 Å². The summed E-state index contributed by atoms with van der Waals surface area (Å²) in [4.78, 5) is 6.42. The summed E-state index contributed by atoms with van der Waals surface area (Å²) in [5.74, 6) is 0.945. The SMILES string of the molecule is c1cc(OCCc2ccncc2)cc(N2CCNCC2)c1. The average Bonchev–Trinajstić information content (AvgIpc) is 2.57. The van der Waals surface area contributed by atoms with Crippen molar-refractivity contribution in [2.45, 2.75) is 6.42 Å². The molecule has 1 aromatic carbocycles. The van der Waals surface area contributed by atoms with Crippen LogP contribution in [-0.4, -0.2) is 37.8 Å². The Morgan fingerprint density at radius 3 is 2.71 bits per heavy atom. The molecule has 4 nitrogen and oxygen atoms in total. The fraction of sp³-hybridized carbons (Fsp3) is 0.353. The molecule has 1 fully saturated rings. The highest BCUT2D eigenvalue weighted by molar-refractivity contribution is 5.51. The lowest BCUT2D eigenvalue weighted by Crippen LogP contribution is -2.43. The highest BCUT2D eigenvalue weighted by Crippen LogP contribution is 2.21. The van der Waals surface area contributed by atoms with Gasteiger partial charge in [0.1, 0.15) is 5.75 Å². The zero-order chi connectivity index (χ0) is 14.3. The van der Waals surface area contributed by atoms with Gasteiger partial charge < -0.3 is 15.0 Å². The summed E-state index contributed by atoms with van der Waals surface area (Å²) in [6, 6.07) is 12.4. The quantitative estimate of drug-likeness (QED) is 0.912. The fourth-order valence-corrected chi connectivity index (χ4v) is 2.53. The van der Waals surface area contributed by atoms with Crippen LogP contribution < -0.4 is 15.0 Å². The highest BCUT2D eigenvalue weighted by Gasteiger charge is 2.10. The summed E-state index contributed by atoms with van der Waals surface area (Å²) in [7, 11) is 0. The average molecular weight is 283 g/mol. The molecule has 0 spiro atoms. The molecule has 0 saturated carbocycles. The Kier molecular flexibility index (Phi) is 4.69. The molecule has 1 aromatic heterocycles. The standard InChI is InChI=1S/C17H21N3O/c1-2-16(20-11-9-19-10-12-20)14-17(3-1)21-13-6-15-4-7-18-8-5-15/h1-5,7-8,14,19H,6,9-13H2. The van der Waals surface area contributed by atoms with E-state index >= 15 is 0 Å². The number of nitrogens with one attached hydrogen (secondary N) is 1. The van der Waals surface area contributed by atoms with Crippen molar-refractivity contribution < 1.29 is 4.74 Å². The van der Waals surface area contributed by atoms with Crippen LogP contribution in [0.5, 0.6) is 5.75 Å². The molecule has 2 aromatic rings. The molecule has 0 aliphatic carbocycles. The minimum Gasteiger partial charge on any atom is -0.493 e. The second kappa shape index (κ2) is 7.09. The molecule has 0 bridgehead atoms. The topological polar surface area (TPSA) is 37.4 Å². The largest absolute Gasteiger partial charge is 0.493 e. The first-order valence-electron chi connectivity index (χ1n) is 7.49. The van der Waals surface area contributed by atoms with Crippen LogP contribution in [0.4, 0.5) is 5.69 Å². The summed E-state index contributed by atoms with van der Waals surface area (Å²) < 4.78 is 5.88. The molecule has 2 heterocycles. The molecule has 3 rings (SSSR count). The molecule has 1 aliphatic rings. The van der Waals surface area contributed by atoms with Gasteiger partial charge in [0.05, 0.1) is 6.61 Å². The Hall–Kier alpha value is -2.07. The maximum Gasteiger partial charge on any atom is 0.121 e. The molecule has 0 unspecified atom stereocenters. The van der Waals surface area contributed by atoms with Gasteiger partial charge in [0.25, 0.3) is 0 Å². The van der Waals surface area contributed by atoms with Crippen molar-refractivity contribution in [3.63, 3.8) is 0 Å². The summed E-state index contributed by atoms with van der Waals surface area (Å²) in [6.45, 7) is 4.90. The van der Waals surface area contributed by atoms with Crippen LogP contribution in [0.2, 0.25) is 0 Å². The van der Waals surface area contributed by atoms with Crippen LogP contribution in [0.3, 0.4) is 0 Å². The molecule has 21 heavy (non-hydrogen) atoms. The van der Waals surface area contributed by atoms with Crippen LogP contribution in [0.25, 0.3) is 0 Å². The Balaban J connectivity index is 1.55. The van der Waals surface area contributed by atoms with Gasteiger partial charge in [-0.15, -0.1) is 0 Å². The van der Waals surface area contributed by atoms with Gasteiger partial charge in [-0.1, -0.05) is 6.07 Å². The van der Waals surface area contributed by atoms with E-state index in [1.165, 1.54) is 11.3 Å². The number of pyridine rings is 1. The summed E-state index contributed by atoms with van der Waals surface area (Å²) >= 11 is 0. The molecule has 1 saturated heterocycles. The number of hydrogen-bond acceptors (Lipinski definition) is 4. The lowest BCUT2D eigenvalue weighted by molar-refractivity contribution is 0.322. The van der Waals surface area contributed by atoms with Gasteiger partial charge in [0, 0.05) is 56.7 Å². The third-order valence-electron chi connectivity index (χ3n) is 3.71. The number of ether oxygens (including phenoxy) is 1. The van der Waals surface area contributed by atoms with E-state index in [0.717, 1.165) is 38.3 Å². The van der Waals surface area contributed by atoms with E-state index in [1.54, 1.807) is 0 Å². The summed E-state index contributed by atoms with van der Waals surface area (Å²) in [6.07, 6.45) is 4.54. The zero-order valence-electron chi connectivity index (χ0n) is 12.2. The van der Waals surface area contributed by atoms with Crippen LogP contribution in [0, 0.1) is 0 Å². The smallest absolute Gasteiger partial charge is 0.121 e. The maximum atomic E-state index is 5.88. The first kappa shape index (κ1) is 13.9. The van der Waals surface area contributed by atoms with E-state index in [2.05, 4.69) is 33.4 Å². The van der Waals surface area contributed by atoms with Gasteiger partial charge in [0.15, 0.2) is 0 Å². The van der Waals surface area contributed by atoms with Crippen LogP contribution in [0.1, 0.15) is 5.56 Å². The third-order valence-corrected chi connectivity index (χ3v) is 3.71. The van der Waals surface area contributed by atoms with E-state index in [-0.39, 0.29) is 0 Å². The van der Waals surface area contributed by atoms with Crippen molar-refractivity contribution in [3.05, 3.63) is 54.4 Å². The molecular weight excluding hydrogens is 262 g/mol. The molecule has 1 aliphatic heterocycles. The maximum absolute atomic E-state index is 5.88. The second-order valence-corrected chi connectivity index (χ2v) is 5.19. The van der Waals surface area contributed by atoms with Crippen LogP contribution >= 0.6 is 0 Å². The zero-order valence-corrected chi connectivity index (χ0v) is 12.2. The van der Waals surface area contributed by atoms with E-state index < -0.39 is 0 Å². The van der Waals surface area contributed by atoms with Crippen molar-refractivity contribution in [2.75, 3.05) is 37.7 Å². The predicted molar refractivity (Wildman–Crippen MR) is 85.0 cm³/mol. The van der Waals surface area contributed by atoms with E-state index in [9.17, 15) is 0 Å². The molecule has 110 valence electrons. The number of piperazine rings is 1. The second-order valence-electron chi connectivity index (χ2n) is 5.19. The molecule has 4 heteroatoms. The highest BCUT2D eigenvalue weighted by atomic mass is 16.5. The van der Waals surface area contributed by atoms with Gasteiger partial charge in [0.2, 0.25) is 0 Å². The van der Waals surface area contributed by atoms with Crippen molar-refractivity contribution in [3.8, 4) is 5.75 Å². The minimum absolute atomic E-state index is 0.690. The lowest BCUT2D eigenvalue weighted by atomic mass is 10.2. The Bertz CT molecular complexity index is 553. The number of benzene rings is 1. The van der Waals surface area contributed by atoms with E-state index in [0.29, 0.717) is 6.61 Å². The summed E-state index contributed by atoms with van der Waals surface area (Å²) in [5, 5.41) is 3.37. The van der Waals surface area contributed by atoms with E-state index in [4.69, 9.17) is 4.74 Å².